The van der Waals surface area contributed by atoms with Gasteiger partial charge in [-0.1, -0.05) is 89.7 Å². The van der Waals surface area contributed by atoms with E-state index >= 15 is 0 Å². The molecule has 2 atom stereocenters. The molecule has 28 heavy (non-hydrogen) atoms. The molecule has 0 aromatic carbocycles. The van der Waals surface area contributed by atoms with E-state index in [1.54, 1.807) is 7.11 Å². The van der Waals surface area contributed by atoms with Gasteiger partial charge in [0.15, 0.2) is 0 Å². The fraction of sp³-hybridized carbons (Fsp3) is 0.826. The first-order valence-corrected chi connectivity index (χ1v) is 11.1. The van der Waals surface area contributed by atoms with Gasteiger partial charge in [0.1, 0.15) is 6.61 Å². The van der Waals surface area contributed by atoms with Gasteiger partial charge >= 0.3 is 5.97 Å². The lowest BCUT2D eigenvalue weighted by atomic mass is 10.0. The van der Waals surface area contributed by atoms with Crippen molar-refractivity contribution in [1.82, 2.24) is 5.32 Å². The monoisotopic (exact) mass is 397 g/mol. The zero-order valence-electron chi connectivity index (χ0n) is 18.6. The van der Waals surface area contributed by atoms with Gasteiger partial charge in [-0.05, 0) is 6.42 Å². The third kappa shape index (κ3) is 18.0. The Hall–Kier alpha value is -1.36. The van der Waals surface area contributed by atoms with Gasteiger partial charge in [0.05, 0.1) is 12.1 Å². The molecule has 0 aliphatic rings. The summed E-state index contributed by atoms with van der Waals surface area (Å²) in [5.41, 5.74) is 0. The highest BCUT2D eigenvalue weighted by molar-refractivity contribution is 5.73. The zero-order chi connectivity index (χ0) is 21.0. The fourth-order valence-corrected chi connectivity index (χ4v) is 3.17. The Kier molecular flexibility index (Phi) is 18.1. The molecule has 0 aliphatic carbocycles. The number of ether oxygens (including phenoxy) is 2. The number of nitrogens with one attached hydrogen (secondary N) is 1. The van der Waals surface area contributed by atoms with Crippen LogP contribution in [0, 0.1) is 0 Å². The number of hydrogen-bond donors (Lipinski definition) is 1. The van der Waals surface area contributed by atoms with E-state index in [-0.39, 0.29) is 30.6 Å². The van der Waals surface area contributed by atoms with Gasteiger partial charge in [0.2, 0.25) is 5.91 Å². The molecule has 0 saturated carbocycles. The standard InChI is InChI=1S/C23H43NO4/c1-5-6-7-8-9-10-11-12-13-14-15-16-23(27-4)18-17-22(24-20(2)25)19-28-21(3)26/h17-18,22-23H,5-16,19H2,1-4H3,(H,24,25)/b18-17+/t22-,23-/m1/s1. The van der Waals surface area contributed by atoms with Crippen LogP contribution < -0.4 is 5.32 Å². The van der Waals surface area contributed by atoms with Crippen LogP contribution in [0.25, 0.3) is 0 Å². The second kappa shape index (κ2) is 19.0. The van der Waals surface area contributed by atoms with Crippen molar-refractivity contribution in [3.63, 3.8) is 0 Å². The van der Waals surface area contributed by atoms with Crippen molar-refractivity contribution in [1.29, 1.82) is 0 Å². The molecule has 0 aromatic heterocycles. The predicted octanol–water partition coefficient (Wildman–Crippen LogP) is 5.33. The summed E-state index contributed by atoms with van der Waals surface area (Å²) in [4.78, 5) is 22.3. The highest BCUT2D eigenvalue weighted by atomic mass is 16.5. The SMILES string of the molecule is CCCCCCCCCCCCC[C@H](/C=C/[C@H](COC(C)=O)NC(C)=O)OC. The lowest BCUT2D eigenvalue weighted by molar-refractivity contribution is -0.141. The average Bonchev–Trinajstić information content (AvgIpc) is 2.65. The van der Waals surface area contributed by atoms with Gasteiger partial charge in [-0.15, -0.1) is 0 Å². The van der Waals surface area contributed by atoms with Gasteiger partial charge in [-0.2, -0.15) is 0 Å². The van der Waals surface area contributed by atoms with E-state index in [2.05, 4.69) is 12.2 Å². The predicted molar refractivity (Wildman–Crippen MR) is 115 cm³/mol. The van der Waals surface area contributed by atoms with E-state index in [0.717, 1.165) is 12.8 Å². The lowest BCUT2D eigenvalue weighted by Crippen LogP contribution is -2.36. The Bertz CT molecular complexity index is 423. The minimum Gasteiger partial charge on any atom is -0.463 e. The molecule has 0 unspecified atom stereocenters. The second-order valence-electron chi connectivity index (χ2n) is 7.59. The Morgan fingerprint density at radius 1 is 0.857 bits per heavy atom. The number of carbonyl (C=O) groups excluding carboxylic acids is 2. The Labute approximate surface area is 172 Å². The maximum Gasteiger partial charge on any atom is 0.302 e. The first-order chi connectivity index (χ1) is 13.5. The summed E-state index contributed by atoms with van der Waals surface area (Å²) >= 11 is 0. The highest BCUT2D eigenvalue weighted by Crippen LogP contribution is 2.13. The Morgan fingerprint density at radius 3 is 1.86 bits per heavy atom. The normalized spacial score (nSPS) is 13.4. The van der Waals surface area contributed by atoms with Crippen LogP contribution in [0.1, 0.15) is 97.8 Å². The van der Waals surface area contributed by atoms with Crippen LogP contribution in [0.15, 0.2) is 12.2 Å². The van der Waals surface area contributed by atoms with E-state index in [9.17, 15) is 9.59 Å². The number of methoxy groups -OCH3 is 1. The van der Waals surface area contributed by atoms with Crippen molar-refractivity contribution in [2.45, 2.75) is 110 Å². The van der Waals surface area contributed by atoms with Gasteiger partial charge in [-0.25, -0.2) is 0 Å². The third-order valence-corrected chi connectivity index (χ3v) is 4.81. The van der Waals surface area contributed by atoms with Crippen molar-refractivity contribution in [3.8, 4) is 0 Å². The quantitative estimate of drug-likeness (QED) is 0.193. The average molecular weight is 398 g/mol. The van der Waals surface area contributed by atoms with E-state index in [1.165, 1.54) is 78.1 Å². The van der Waals surface area contributed by atoms with E-state index in [0.29, 0.717) is 0 Å². The van der Waals surface area contributed by atoms with Crippen molar-refractivity contribution >= 4 is 11.9 Å². The number of unbranched alkanes of at least 4 members (excludes halogenated alkanes) is 10. The van der Waals surface area contributed by atoms with Gasteiger partial charge in [0.25, 0.3) is 0 Å². The summed E-state index contributed by atoms with van der Waals surface area (Å²) in [5.74, 6) is -0.505. The summed E-state index contributed by atoms with van der Waals surface area (Å²) < 4.78 is 10.5. The molecule has 0 heterocycles. The van der Waals surface area contributed by atoms with Gasteiger partial charge < -0.3 is 14.8 Å². The van der Waals surface area contributed by atoms with Gasteiger partial charge in [-0.3, -0.25) is 9.59 Å². The molecule has 0 saturated heterocycles. The first-order valence-electron chi connectivity index (χ1n) is 11.1. The summed E-state index contributed by atoms with van der Waals surface area (Å²) in [7, 11) is 1.70. The van der Waals surface area contributed by atoms with Crippen molar-refractivity contribution in [2.75, 3.05) is 13.7 Å². The van der Waals surface area contributed by atoms with Crippen LogP contribution in [0.3, 0.4) is 0 Å². The number of esters is 1. The molecule has 5 nitrogen and oxygen atoms in total. The fourth-order valence-electron chi connectivity index (χ4n) is 3.17. The largest absolute Gasteiger partial charge is 0.463 e. The highest BCUT2D eigenvalue weighted by Gasteiger charge is 2.10. The maximum atomic E-state index is 11.3. The number of hydrogen-bond acceptors (Lipinski definition) is 4. The minimum atomic E-state index is -0.354. The van der Waals surface area contributed by atoms with Crippen molar-refractivity contribution < 1.29 is 19.1 Å². The van der Waals surface area contributed by atoms with Crippen LogP contribution in [0.4, 0.5) is 0 Å². The number of carbonyl (C=O) groups is 2. The van der Waals surface area contributed by atoms with Crippen molar-refractivity contribution in [3.05, 3.63) is 12.2 Å². The second-order valence-corrected chi connectivity index (χ2v) is 7.59. The molecule has 0 bridgehead atoms. The molecule has 1 N–H and O–H groups in total. The van der Waals surface area contributed by atoms with Crippen LogP contribution in [-0.4, -0.2) is 37.7 Å². The van der Waals surface area contributed by atoms with Crippen molar-refractivity contribution in [2.24, 2.45) is 0 Å². The zero-order valence-corrected chi connectivity index (χ0v) is 18.6. The van der Waals surface area contributed by atoms with Crippen LogP contribution in [-0.2, 0) is 19.1 Å². The van der Waals surface area contributed by atoms with E-state index < -0.39 is 0 Å². The van der Waals surface area contributed by atoms with Crippen LogP contribution in [0.5, 0.6) is 0 Å². The van der Waals surface area contributed by atoms with Crippen LogP contribution >= 0.6 is 0 Å². The number of amides is 1. The summed E-state index contributed by atoms with van der Waals surface area (Å²) in [6, 6.07) is -0.323. The molecule has 0 rings (SSSR count). The summed E-state index contributed by atoms with van der Waals surface area (Å²) in [5, 5.41) is 2.77. The van der Waals surface area contributed by atoms with Crippen LogP contribution in [0.2, 0.25) is 0 Å². The summed E-state index contributed by atoms with van der Waals surface area (Å²) in [6.45, 7) is 5.21. The molecule has 0 radical (unpaired) electrons. The Morgan fingerprint density at radius 2 is 1.39 bits per heavy atom. The molecule has 164 valence electrons. The third-order valence-electron chi connectivity index (χ3n) is 4.81. The first kappa shape index (κ1) is 26.6. The molecule has 0 spiro atoms. The number of rotatable bonds is 18. The molecule has 0 aliphatic heterocycles. The smallest absolute Gasteiger partial charge is 0.302 e. The molecule has 0 aromatic rings. The summed E-state index contributed by atoms with van der Waals surface area (Å²) in [6.07, 6.45) is 19.4. The molecule has 1 amide bonds. The van der Waals surface area contributed by atoms with E-state index in [1.807, 2.05) is 12.2 Å². The minimum absolute atomic E-state index is 0.0205. The maximum absolute atomic E-state index is 11.3. The molecular formula is C23H43NO4. The Balaban J connectivity index is 3.91. The van der Waals surface area contributed by atoms with Gasteiger partial charge in [0, 0.05) is 21.0 Å². The topological polar surface area (TPSA) is 64.6 Å². The lowest BCUT2D eigenvalue weighted by Gasteiger charge is -2.16. The van der Waals surface area contributed by atoms with E-state index in [4.69, 9.17) is 9.47 Å². The molecular weight excluding hydrogens is 354 g/mol. The molecule has 5 heteroatoms. The molecule has 0 fully saturated rings.